The average Bonchev–Trinajstić information content (AvgIpc) is 2.99. The Bertz CT molecular complexity index is 375. The topological polar surface area (TPSA) is 69.6 Å². The predicted octanol–water partition coefficient (Wildman–Crippen LogP) is 1.34. The summed E-state index contributed by atoms with van der Waals surface area (Å²) in [6.45, 7) is 7.72. The normalized spacial score (nSPS) is 28.9. The van der Waals surface area contributed by atoms with Gasteiger partial charge in [-0.25, -0.2) is 0 Å². The maximum Gasteiger partial charge on any atom is 0.307 e. The Labute approximate surface area is 120 Å². The lowest BCUT2D eigenvalue weighted by Gasteiger charge is -2.26. The monoisotopic (exact) mass is 282 g/mol. The lowest BCUT2D eigenvalue weighted by molar-refractivity contribution is -0.140. The number of nitrogens with zero attached hydrogens (tertiary/aromatic N) is 1. The second-order valence-electron chi connectivity index (χ2n) is 6.66. The quantitative estimate of drug-likeness (QED) is 0.721. The average molecular weight is 282 g/mol. The van der Waals surface area contributed by atoms with Crippen LogP contribution in [0.25, 0.3) is 0 Å². The second kappa shape index (κ2) is 6.12. The van der Waals surface area contributed by atoms with E-state index in [-0.39, 0.29) is 11.8 Å². The van der Waals surface area contributed by atoms with E-state index in [4.69, 9.17) is 5.11 Å². The summed E-state index contributed by atoms with van der Waals surface area (Å²) in [6, 6.07) is 0. The van der Waals surface area contributed by atoms with Gasteiger partial charge in [0.2, 0.25) is 5.91 Å². The number of hydrogen-bond donors (Lipinski definition) is 2. The number of carbonyl (C=O) groups is 2. The molecule has 2 unspecified atom stereocenters. The molecule has 2 aliphatic rings. The van der Waals surface area contributed by atoms with Gasteiger partial charge in [0.15, 0.2) is 0 Å². The Morgan fingerprint density at radius 2 is 1.85 bits per heavy atom. The summed E-state index contributed by atoms with van der Waals surface area (Å²) < 4.78 is 0. The van der Waals surface area contributed by atoms with Crippen molar-refractivity contribution in [2.75, 3.05) is 26.2 Å². The highest BCUT2D eigenvalue weighted by Gasteiger charge is 2.65. The van der Waals surface area contributed by atoms with Gasteiger partial charge in [-0.3, -0.25) is 9.59 Å². The fourth-order valence-corrected chi connectivity index (χ4v) is 3.40. The lowest BCUT2D eigenvalue weighted by atomic mass is 10.1. The Hall–Kier alpha value is -1.10. The zero-order valence-electron chi connectivity index (χ0n) is 12.5. The molecule has 1 heterocycles. The zero-order valence-corrected chi connectivity index (χ0v) is 12.5. The van der Waals surface area contributed by atoms with E-state index in [9.17, 15) is 9.59 Å². The van der Waals surface area contributed by atoms with E-state index in [1.807, 2.05) is 13.8 Å². The first-order valence-electron chi connectivity index (χ1n) is 7.67. The van der Waals surface area contributed by atoms with Gasteiger partial charge in [-0.1, -0.05) is 20.3 Å². The molecule has 2 rings (SSSR count). The molecule has 0 radical (unpaired) electrons. The lowest BCUT2D eigenvalue weighted by Crippen LogP contribution is -2.34. The van der Waals surface area contributed by atoms with Gasteiger partial charge in [0.05, 0.1) is 11.8 Å². The fourth-order valence-electron chi connectivity index (χ4n) is 3.40. The zero-order chi connectivity index (χ0) is 14.8. The maximum absolute atomic E-state index is 12.0. The molecule has 2 N–H and O–H groups in total. The number of amides is 1. The van der Waals surface area contributed by atoms with Crippen molar-refractivity contribution in [3.63, 3.8) is 0 Å². The molecule has 0 aromatic carbocycles. The summed E-state index contributed by atoms with van der Waals surface area (Å²) in [5, 5.41) is 12.0. The van der Waals surface area contributed by atoms with Crippen LogP contribution in [0, 0.1) is 17.3 Å². The van der Waals surface area contributed by atoms with Crippen molar-refractivity contribution >= 4 is 11.9 Å². The summed E-state index contributed by atoms with van der Waals surface area (Å²) in [5.74, 6) is -1.84. The molecule has 0 aromatic heterocycles. The molecule has 1 saturated carbocycles. The first-order chi connectivity index (χ1) is 9.44. The van der Waals surface area contributed by atoms with E-state index in [0.717, 1.165) is 13.0 Å². The summed E-state index contributed by atoms with van der Waals surface area (Å²) in [4.78, 5) is 25.5. The molecule has 0 bridgehead atoms. The van der Waals surface area contributed by atoms with Crippen molar-refractivity contribution in [2.24, 2.45) is 17.3 Å². The SMILES string of the molecule is CC1(C)C(C(=O)O)C1C(=O)NCCCN1CCCCC1. The van der Waals surface area contributed by atoms with E-state index >= 15 is 0 Å². The van der Waals surface area contributed by atoms with Crippen molar-refractivity contribution in [3.8, 4) is 0 Å². The summed E-state index contributed by atoms with van der Waals surface area (Å²) in [6.07, 6.45) is 4.84. The molecular formula is C15H26N2O3. The minimum Gasteiger partial charge on any atom is -0.481 e. The van der Waals surface area contributed by atoms with Crippen molar-refractivity contribution in [1.29, 1.82) is 0 Å². The first kappa shape index (κ1) is 15.3. The molecule has 0 spiro atoms. The first-order valence-corrected chi connectivity index (χ1v) is 7.67. The fraction of sp³-hybridized carbons (Fsp3) is 0.867. The molecule has 1 saturated heterocycles. The number of rotatable bonds is 6. The molecule has 5 nitrogen and oxygen atoms in total. The van der Waals surface area contributed by atoms with Crippen molar-refractivity contribution < 1.29 is 14.7 Å². The molecule has 1 amide bonds. The minimum atomic E-state index is -0.858. The summed E-state index contributed by atoms with van der Waals surface area (Å²) in [5.41, 5.74) is -0.400. The molecule has 1 aliphatic carbocycles. The number of carboxylic acid groups (broad SMARTS) is 1. The van der Waals surface area contributed by atoms with Crippen LogP contribution in [0.1, 0.15) is 39.5 Å². The van der Waals surface area contributed by atoms with E-state index in [0.29, 0.717) is 6.54 Å². The highest BCUT2D eigenvalue weighted by Crippen LogP contribution is 2.58. The molecule has 2 atom stereocenters. The van der Waals surface area contributed by atoms with Crippen LogP contribution in [0.3, 0.4) is 0 Å². The van der Waals surface area contributed by atoms with Crippen LogP contribution in [0.5, 0.6) is 0 Å². The van der Waals surface area contributed by atoms with Crippen molar-refractivity contribution in [1.82, 2.24) is 10.2 Å². The second-order valence-corrected chi connectivity index (χ2v) is 6.66. The number of aliphatic carboxylic acids is 1. The van der Waals surface area contributed by atoms with Crippen LogP contribution in [-0.4, -0.2) is 48.1 Å². The van der Waals surface area contributed by atoms with Gasteiger partial charge in [-0.15, -0.1) is 0 Å². The van der Waals surface area contributed by atoms with E-state index in [2.05, 4.69) is 10.2 Å². The van der Waals surface area contributed by atoms with Crippen LogP contribution in [-0.2, 0) is 9.59 Å². The Morgan fingerprint density at radius 1 is 1.20 bits per heavy atom. The van der Waals surface area contributed by atoms with Gasteiger partial charge in [0.1, 0.15) is 0 Å². The Morgan fingerprint density at radius 3 is 2.40 bits per heavy atom. The predicted molar refractivity (Wildman–Crippen MR) is 76.3 cm³/mol. The van der Waals surface area contributed by atoms with Crippen LogP contribution in [0.4, 0.5) is 0 Å². The van der Waals surface area contributed by atoms with Gasteiger partial charge in [0.25, 0.3) is 0 Å². The molecule has 5 heteroatoms. The maximum atomic E-state index is 12.0. The van der Waals surface area contributed by atoms with E-state index in [1.165, 1.54) is 32.4 Å². The molecule has 20 heavy (non-hydrogen) atoms. The number of hydrogen-bond acceptors (Lipinski definition) is 3. The van der Waals surface area contributed by atoms with Gasteiger partial charge in [-0.05, 0) is 44.3 Å². The van der Waals surface area contributed by atoms with Crippen LogP contribution >= 0.6 is 0 Å². The van der Waals surface area contributed by atoms with Crippen LogP contribution in [0.2, 0.25) is 0 Å². The summed E-state index contributed by atoms with van der Waals surface area (Å²) >= 11 is 0. The third-order valence-corrected chi connectivity index (χ3v) is 4.77. The van der Waals surface area contributed by atoms with Crippen LogP contribution < -0.4 is 5.32 Å². The highest BCUT2D eigenvalue weighted by atomic mass is 16.4. The number of carboxylic acids is 1. The van der Waals surface area contributed by atoms with Crippen molar-refractivity contribution in [2.45, 2.75) is 39.5 Å². The standard InChI is InChI=1S/C15H26N2O3/c1-15(2)11(12(15)14(19)20)13(18)16-7-6-10-17-8-4-3-5-9-17/h11-12H,3-10H2,1-2H3,(H,16,18)(H,19,20). The van der Waals surface area contributed by atoms with Gasteiger partial charge in [-0.2, -0.15) is 0 Å². The Balaban J connectivity index is 1.65. The smallest absolute Gasteiger partial charge is 0.307 e. The number of nitrogens with one attached hydrogen (secondary N) is 1. The molecule has 114 valence electrons. The Kier molecular flexibility index (Phi) is 4.68. The number of likely N-dealkylation sites (tertiary alicyclic amines) is 1. The molecule has 0 aromatic rings. The largest absolute Gasteiger partial charge is 0.481 e. The third kappa shape index (κ3) is 3.32. The summed E-state index contributed by atoms with van der Waals surface area (Å²) in [7, 11) is 0. The number of piperidine rings is 1. The number of carbonyl (C=O) groups excluding carboxylic acids is 1. The van der Waals surface area contributed by atoms with Crippen LogP contribution in [0.15, 0.2) is 0 Å². The van der Waals surface area contributed by atoms with E-state index in [1.54, 1.807) is 0 Å². The third-order valence-electron chi connectivity index (χ3n) is 4.77. The minimum absolute atomic E-state index is 0.0963. The highest BCUT2D eigenvalue weighted by molar-refractivity contribution is 5.91. The van der Waals surface area contributed by atoms with Gasteiger partial charge < -0.3 is 15.3 Å². The van der Waals surface area contributed by atoms with Gasteiger partial charge in [0, 0.05) is 6.54 Å². The molecule has 1 aliphatic heterocycles. The molecule has 2 fully saturated rings. The van der Waals surface area contributed by atoms with Gasteiger partial charge >= 0.3 is 5.97 Å². The molecular weight excluding hydrogens is 256 g/mol. The van der Waals surface area contributed by atoms with Crippen molar-refractivity contribution in [3.05, 3.63) is 0 Å². The van der Waals surface area contributed by atoms with E-state index < -0.39 is 17.3 Å².